The molecule has 0 aromatic rings. The normalized spacial score (nSPS) is 19.2. The number of hydrogen-bond donors (Lipinski definition) is 2. The van der Waals surface area contributed by atoms with Crippen LogP contribution in [0, 0.1) is 5.41 Å². The molecule has 4 nitrogen and oxygen atoms in total. The maximum Gasteiger partial charge on any atom is 0.227 e. The second-order valence-corrected chi connectivity index (χ2v) is 5.93. The molecule has 1 aliphatic carbocycles. The number of hydrogen-bond acceptors (Lipinski definition) is 3. The summed E-state index contributed by atoms with van der Waals surface area (Å²) in [5.74, 6) is 0.154. The molecule has 1 fully saturated rings. The number of amides is 1. The monoisotopic (exact) mass is 270 g/mol. The van der Waals surface area contributed by atoms with Gasteiger partial charge in [0.05, 0.1) is 11.5 Å². The topological polar surface area (TPSA) is 64.3 Å². The van der Waals surface area contributed by atoms with Crippen molar-refractivity contribution >= 4 is 5.91 Å². The lowest BCUT2D eigenvalue weighted by molar-refractivity contribution is -0.131. The molecule has 112 valence electrons. The van der Waals surface area contributed by atoms with E-state index in [2.05, 4.69) is 5.32 Å². The van der Waals surface area contributed by atoms with Gasteiger partial charge in [-0.2, -0.15) is 0 Å². The van der Waals surface area contributed by atoms with E-state index >= 15 is 0 Å². The first-order valence-corrected chi connectivity index (χ1v) is 7.71. The molecular weight excluding hydrogens is 240 g/mol. The summed E-state index contributed by atoms with van der Waals surface area (Å²) in [6.07, 6.45) is 7.73. The summed E-state index contributed by atoms with van der Waals surface area (Å²) in [6, 6.07) is 0. The van der Waals surface area contributed by atoms with Gasteiger partial charge in [0.15, 0.2) is 0 Å². The molecule has 0 aromatic heterocycles. The average Bonchev–Trinajstić information content (AvgIpc) is 2.64. The molecule has 0 saturated heterocycles. The highest BCUT2D eigenvalue weighted by Crippen LogP contribution is 2.34. The molecule has 1 amide bonds. The number of nitrogens with one attached hydrogen (secondary N) is 1. The molecule has 0 unspecified atom stereocenters. The van der Waals surface area contributed by atoms with Gasteiger partial charge >= 0.3 is 0 Å². The lowest BCUT2D eigenvalue weighted by atomic mass is 9.79. The highest BCUT2D eigenvalue weighted by atomic mass is 16.5. The van der Waals surface area contributed by atoms with E-state index in [-0.39, 0.29) is 17.4 Å². The van der Waals surface area contributed by atoms with Gasteiger partial charge in [0.1, 0.15) is 0 Å². The fourth-order valence-corrected chi connectivity index (χ4v) is 2.71. The highest BCUT2D eigenvalue weighted by molar-refractivity contribution is 5.82. The third-order valence-electron chi connectivity index (χ3n) is 3.99. The quantitative estimate of drug-likeness (QED) is 0.551. The van der Waals surface area contributed by atoms with Gasteiger partial charge in [-0.1, -0.05) is 25.7 Å². The summed E-state index contributed by atoms with van der Waals surface area (Å²) < 4.78 is 5.46. The van der Waals surface area contributed by atoms with Crippen molar-refractivity contribution < 1.29 is 9.53 Å². The van der Waals surface area contributed by atoms with Crippen LogP contribution in [0.4, 0.5) is 0 Å². The van der Waals surface area contributed by atoms with E-state index in [0.29, 0.717) is 19.7 Å². The Morgan fingerprint density at radius 2 is 1.89 bits per heavy atom. The maximum absolute atomic E-state index is 12.4. The Morgan fingerprint density at radius 3 is 2.42 bits per heavy atom. The van der Waals surface area contributed by atoms with Crippen LogP contribution in [0.15, 0.2) is 0 Å². The van der Waals surface area contributed by atoms with Crippen molar-refractivity contribution in [1.82, 2.24) is 5.32 Å². The van der Waals surface area contributed by atoms with Crippen LogP contribution in [0.2, 0.25) is 0 Å². The predicted molar refractivity (Wildman–Crippen MR) is 77.9 cm³/mol. The van der Waals surface area contributed by atoms with Crippen molar-refractivity contribution in [3.8, 4) is 0 Å². The third kappa shape index (κ3) is 5.49. The van der Waals surface area contributed by atoms with Crippen LogP contribution in [0.5, 0.6) is 0 Å². The van der Waals surface area contributed by atoms with Crippen molar-refractivity contribution in [2.45, 2.75) is 64.9 Å². The standard InChI is InChI=1S/C15H30N2O2/c1-13(2)19-11-7-10-17-14(18)15(12-16)8-5-3-4-6-9-15/h13H,3-12,16H2,1-2H3,(H,17,18). The molecule has 1 rings (SSSR count). The molecule has 0 heterocycles. The van der Waals surface area contributed by atoms with Crippen molar-refractivity contribution in [1.29, 1.82) is 0 Å². The van der Waals surface area contributed by atoms with E-state index < -0.39 is 0 Å². The highest BCUT2D eigenvalue weighted by Gasteiger charge is 2.36. The number of rotatable bonds is 7. The van der Waals surface area contributed by atoms with Crippen molar-refractivity contribution in [3.63, 3.8) is 0 Å². The number of ether oxygens (including phenoxy) is 1. The molecule has 4 heteroatoms. The number of carbonyl (C=O) groups excluding carboxylic acids is 1. The molecule has 0 radical (unpaired) electrons. The summed E-state index contributed by atoms with van der Waals surface area (Å²) in [5, 5.41) is 3.05. The first-order valence-electron chi connectivity index (χ1n) is 7.71. The maximum atomic E-state index is 12.4. The van der Waals surface area contributed by atoms with Gasteiger partial charge in [-0.3, -0.25) is 4.79 Å². The SMILES string of the molecule is CC(C)OCCCNC(=O)C1(CN)CCCCCC1. The van der Waals surface area contributed by atoms with Gasteiger partial charge < -0.3 is 15.8 Å². The first kappa shape index (κ1) is 16.4. The van der Waals surface area contributed by atoms with Crippen molar-refractivity contribution in [2.24, 2.45) is 11.1 Å². The van der Waals surface area contributed by atoms with Gasteiger partial charge in [0.2, 0.25) is 5.91 Å². The molecule has 1 saturated carbocycles. The van der Waals surface area contributed by atoms with Gasteiger partial charge in [-0.15, -0.1) is 0 Å². The Kier molecular flexibility index (Phi) is 7.39. The molecule has 0 atom stereocenters. The van der Waals surface area contributed by atoms with E-state index in [1.54, 1.807) is 0 Å². The smallest absolute Gasteiger partial charge is 0.227 e. The molecule has 0 aliphatic heterocycles. The fraction of sp³-hybridized carbons (Fsp3) is 0.933. The fourth-order valence-electron chi connectivity index (χ4n) is 2.71. The minimum absolute atomic E-state index is 0.154. The molecule has 0 aromatic carbocycles. The van der Waals surface area contributed by atoms with Crippen molar-refractivity contribution in [3.05, 3.63) is 0 Å². The largest absolute Gasteiger partial charge is 0.379 e. The molecule has 0 spiro atoms. The zero-order valence-corrected chi connectivity index (χ0v) is 12.5. The first-order chi connectivity index (χ1) is 9.10. The van der Waals surface area contributed by atoms with Gasteiger partial charge in [0, 0.05) is 19.7 Å². The van der Waals surface area contributed by atoms with Crippen LogP contribution in [0.1, 0.15) is 58.8 Å². The Bertz CT molecular complexity index is 259. The van der Waals surface area contributed by atoms with Crippen LogP contribution in [0.3, 0.4) is 0 Å². The van der Waals surface area contributed by atoms with E-state index in [0.717, 1.165) is 32.1 Å². The lowest BCUT2D eigenvalue weighted by Gasteiger charge is -2.29. The van der Waals surface area contributed by atoms with Gasteiger partial charge in [-0.05, 0) is 33.1 Å². The predicted octanol–water partition coefficient (Wildman–Crippen LogP) is 2.22. The van der Waals surface area contributed by atoms with Crippen LogP contribution in [-0.2, 0) is 9.53 Å². The number of nitrogens with two attached hydrogens (primary N) is 1. The van der Waals surface area contributed by atoms with E-state index in [1.807, 2.05) is 13.8 Å². The molecule has 19 heavy (non-hydrogen) atoms. The van der Waals surface area contributed by atoms with Crippen LogP contribution < -0.4 is 11.1 Å². The van der Waals surface area contributed by atoms with E-state index in [1.165, 1.54) is 12.8 Å². The number of carbonyl (C=O) groups is 1. The Hall–Kier alpha value is -0.610. The minimum Gasteiger partial charge on any atom is -0.379 e. The molecule has 3 N–H and O–H groups in total. The second-order valence-electron chi connectivity index (χ2n) is 5.93. The average molecular weight is 270 g/mol. The van der Waals surface area contributed by atoms with Gasteiger partial charge in [0.25, 0.3) is 0 Å². The Labute approximate surface area is 117 Å². The zero-order chi connectivity index (χ0) is 14.1. The van der Waals surface area contributed by atoms with Gasteiger partial charge in [-0.25, -0.2) is 0 Å². The Balaban J connectivity index is 2.32. The second kappa shape index (κ2) is 8.54. The lowest BCUT2D eigenvalue weighted by Crippen LogP contribution is -2.46. The van der Waals surface area contributed by atoms with E-state index in [9.17, 15) is 4.79 Å². The van der Waals surface area contributed by atoms with E-state index in [4.69, 9.17) is 10.5 Å². The minimum atomic E-state index is -0.310. The summed E-state index contributed by atoms with van der Waals surface area (Å²) in [6.45, 7) is 5.91. The van der Waals surface area contributed by atoms with Crippen LogP contribution >= 0.6 is 0 Å². The Morgan fingerprint density at radius 1 is 1.26 bits per heavy atom. The molecule has 0 bridgehead atoms. The van der Waals surface area contributed by atoms with Crippen LogP contribution in [0.25, 0.3) is 0 Å². The van der Waals surface area contributed by atoms with Crippen molar-refractivity contribution in [2.75, 3.05) is 19.7 Å². The molecule has 1 aliphatic rings. The van der Waals surface area contributed by atoms with Crippen LogP contribution in [-0.4, -0.2) is 31.7 Å². The summed E-state index contributed by atoms with van der Waals surface area (Å²) in [5.41, 5.74) is 5.58. The zero-order valence-electron chi connectivity index (χ0n) is 12.5. The summed E-state index contributed by atoms with van der Waals surface area (Å²) in [7, 11) is 0. The summed E-state index contributed by atoms with van der Waals surface area (Å²) in [4.78, 5) is 12.4. The summed E-state index contributed by atoms with van der Waals surface area (Å²) >= 11 is 0. The third-order valence-corrected chi connectivity index (χ3v) is 3.99. The molecular formula is C15H30N2O2.